The molecule has 0 amide bonds. The number of imidazole rings is 2. The predicted molar refractivity (Wildman–Crippen MR) is 104 cm³/mol. The van der Waals surface area contributed by atoms with Crippen LogP contribution < -0.4 is 0 Å². The van der Waals surface area contributed by atoms with Gasteiger partial charge in [-0.2, -0.15) is 13.2 Å². The number of thioether (sulfide) groups is 1. The molecule has 2 aromatic carbocycles. The molecule has 28 heavy (non-hydrogen) atoms. The monoisotopic (exact) mass is 402 g/mol. The van der Waals surface area contributed by atoms with Gasteiger partial charge in [0.25, 0.3) is 0 Å². The quantitative estimate of drug-likeness (QED) is 0.426. The number of halogens is 3. The third kappa shape index (κ3) is 3.77. The summed E-state index contributed by atoms with van der Waals surface area (Å²) in [4.78, 5) is 8.84. The van der Waals surface area contributed by atoms with Crippen LogP contribution in [0.3, 0.4) is 0 Å². The summed E-state index contributed by atoms with van der Waals surface area (Å²) in [5.74, 6) is 1.21. The molecule has 0 radical (unpaired) electrons. The van der Waals surface area contributed by atoms with Crippen molar-refractivity contribution < 1.29 is 13.2 Å². The standard InChI is InChI=1S/C20H17F3N4S/c1-26-16-10-6-5-9-15(16)25-18(26)12-28-19-24-11-17(14-7-3-2-4-8-14)27(19)13-20(21,22)23/h2-11H,12-13H2,1H3. The van der Waals surface area contributed by atoms with E-state index in [0.717, 1.165) is 16.9 Å². The highest BCUT2D eigenvalue weighted by molar-refractivity contribution is 7.98. The first-order valence-corrected chi connectivity index (χ1v) is 9.62. The summed E-state index contributed by atoms with van der Waals surface area (Å²) in [6.45, 7) is -1.08. The first kappa shape index (κ1) is 18.6. The molecule has 0 aliphatic rings. The highest BCUT2D eigenvalue weighted by Gasteiger charge is 2.31. The van der Waals surface area contributed by atoms with Crippen molar-refractivity contribution >= 4 is 22.8 Å². The lowest BCUT2D eigenvalue weighted by Crippen LogP contribution is -2.19. The second-order valence-corrected chi connectivity index (χ2v) is 7.30. The van der Waals surface area contributed by atoms with E-state index in [1.165, 1.54) is 22.5 Å². The second kappa shape index (κ2) is 7.35. The Balaban J connectivity index is 1.65. The van der Waals surface area contributed by atoms with Gasteiger partial charge < -0.3 is 9.13 Å². The Bertz CT molecular complexity index is 1100. The normalized spacial score (nSPS) is 12.0. The number of aryl methyl sites for hydroxylation is 1. The molecular formula is C20H17F3N4S. The highest BCUT2D eigenvalue weighted by Crippen LogP contribution is 2.31. The number of para-hydroxylation sites is 2. The van der Waals surface area contributed by atoms with E-state index in [-0.39, 0.29) is 0 Å². The number of nitrogens with zero attached hydrogens (tertiary/aromatic N) is 4. The summed E-state index contributed by atoms with van der Waals surface area (Å²) in [7, 11) is 1.91. The molecule has 0 aliphatic heterocycles. The maximum absolute atomic E-state index is 13.2. The third-order valence-electron chi connectivity index (χ3n) is 4.44. The molecule has 4 rings (SSSR count). The first-order valence-electron chi connectivity index (χ1n) is 8.63. The van der Waals surface area contributed by atoms with Gasteiger partial charge in [-0.3, -0.25) is 0 Å². The Morgan fingerprint density at radius 1 is 1.00 bits per heavy atom. The zero-order valence-electron chi connectivity index (χ0n) is 15.0. The summed E-state index contributed by atoms with van der Waals surface area (Å²) >= 11 is 1.25. The van der Waals surface area contributed by atoms with Crippen LogP contribution in [0.1, 0.15) is 5.82 Å². The largest absolute Gasteiger partial charge is 0.406 e. The number of hydrogen-bond donors (Lipinski definition) is 0. The van der Waals surface area contributed by atoms with Gasteiger partial charge in [-0.1, -0.05) is 54.2 Å². The van der Waals surface area contributed by atoms with Crippen LogP contribution in [-0.4, -0.2) is 25.3 Å². The van der Waals surface area contributed by atoms with E-state index in [1.807, 2.05) is 41.9 Å². The van der Waals surface area contributed by atoms with E-state index in [2.05, 4.69) is 9.97 Å². The van der Waals surface area contributed by atoms with Crippen molar-refractivity contribution in [2.24, 2.45) is 7.05 Å². The van der Waals surface area contributed by atoms with Gasteiger partial charge in [0.05, 0.1) is 28.7 Å². The van der Waals surface area contributed by atoms with Crippen LogP contribution in [0, 0.1) is 0 Å². The number of hydrogen-bond acceptors (Lipinski definition) is 3. The Kier molecular flexibility index (Phi) is 4.89. The summed E-state index contributed by atoms with van der Waals surface area (Å²) in [6.07, 6.45) is -2.84. The lowest BCUT2D eigenvalue weighted by molar-refractivity contribution is -0.141. The van der Waals surface area contributed by atoms with Crippen LogP contribution in [0.4, 0.5) is 13.2 Å². The van der Waals surface area contributed by atoms with Gasteiger partial charge in [-0.25, -0.2) is 9.97 Å². The fourth-order valence-corrected chi connectivity index (χ4v) is 4.06. The van der Waals surface area contributed by atoms with Crippen molar-refractivity contribution in [1.29, 1.82) is 0 Å². The maximum atomic E-state index is 13.2. The molecule has 0 aliphatic carbocycles. The predicted octanol–water partition coefficient (Wildman–Crippen LogP) is 5.29. The number of alkyl halides is 3. The van der Waals surface area contributed by atoms with Gasteiger partial charge in [-0.15, -0.1) is 0 Å². The molecule has 2 heterocycles. The smallest absolute Gasteiger partial charge is 0.330 e. The minimum Gasteiger partial charge on any atom is -0.330 e. The molecule has 0 bridgehead atoms. The molecule has 8 heteroatoms. The fraction of sp³-hybridized carbons (Fsp3) is 0.200. The average molecular weight is 402 g/mol. The first-order chi connectivity index (χ1) is 13.4. The van der Waals surface area contributed by atoms with Crippen LogP contribution >= 0.6 is 11.8 Å². The number of rotatable bonds is 5. The zero-order chi connectivity index (χ0) is 19.7. The summed E-state index contributed by atoms with van der Waals surface area (Å²) < 4.78 is 42.7. The molecule has 0 spiro atoms. The Labute approximate surface area is 164 Å². The molecule has 4 aromatic rings. The summed E-state index contributed by atoms with van der Waals surface area (Å²) in [6, 6.07) is 16.7. The topological polar surface area (TPSA) is 35.6 Å². The number of aromatic nitrogens is 4. The molecule has 2 aromatic heterocycles. The lowest BCUT2D eigenvalue weighted by Gasteiger charge is -2.14. The van der Waals surface area contributed by atoms with E-state index < -0.39 is 12.7 Å². The van der Waals surface area contributed by atoms with E-state index in [9.17, 15) is 13.2 Å². The molecule has 0 atom stereocenters. The van der Waals surface area contributed by atoms with Crippen LogP contribution in [0.5, 0.6) is 0 Å². The van der Waals surface area contributed by atoms with Crippen molar-refractivity contribution in [1.82, 2.24) is 19.1 Å². The van der Waals surface area contributed by atoms with E-state index >= 15 is 0 Å². The molecule has 0 saturated heterocycles. The van der Waals surface area contributed by atoms with Gasteiger partial charge >= 0.3 is 6.18 Å². The summed E-state index contributed by atoms with van der Waals surface area (Å²) in [5, 5.41) is 0.322. The van der Waals surface area contributed by atoms with Gasteiger partial charge in [0.2, 0.25) is 0 Å². The maximum Gasteiger partial charge on any atom is 0.406 e. The fourth-order valence-electron chi connectivity index (χ4n) is 3.10. The Morgan fingerprint density at radius 2 is 1.71 bits per heavy atom. The molecule has 4 nitrogen and oxygen atoms in total. The molecular weight excluding hydrogens is 385 g/mol. The van der Waals surface area contributed by atoms with E-state index in [4.69, 9.17) is 0 Å². The van der Waals surface area contributed by atoms with Crippen LogP contribution in [-0.2, 0) is 19.3 Å². The van der Waals surface area contributed by atoms with Crippen LogP contribution in [0.15, 0.2) is 66.0 Å². The summed E-state index contributed by atoms with van der Waals surface area (Å²) in [5.41, 5.74) is 3.00. The van der Waals surface area contributed by atoms with Crippen LogP contribution in [0.2, 0.25) is 0 Å². The van der Waals surface area contributed by atoms with Crippen molar-refractivity contribution in [3.05, 3.63) is 66.6 Å². The molecule has 0 unspecified atom stereocenters. The molecule has 0 saturated carbocycles. The van der Waals surface area contributed by atoms with Crippen LogP contribution in [0.25, 0.3) is 22.3 Å². The van der Waals surface area contributed by atoms with Gasteiger partial charge in [0, 0.05) is 7.05 Å². The number of fused-ring (bicyclic) bond motifs is 1. The Hall–Kier alpha value is -2.74. The van der Waals surface area contributed by atoms with Crippen molar-refractivity contribution in [3.63, 3.8) is 0 Å². The van der Waals surface area contributed by atoms with Crippen molar-refractivity contribution in [2.75, 3.05) is 0 Å². The third-order valence-corrected chi connectivity index (χ3v) is 5.42. The minimum absolute atomic E-state index is 0.322. The van der Waals surface area contributed by atoms with E-state index in [1.54, 1.807) is 24.3 Å². The SMILES string of the molecule is Cn1c(CSc2ncc(-c3ccccc3)n2CC(F)(F)F)nc2ccccc21. The minimum atomic E-state index is -4.34. The molecule has 0 N–H and O–H groups in total. The Morgan fingerprint density at radius 3 is 2.43 bits per heavy atom. The van der Waals surface area contributed by atoms with Gasteiger partial charge in [-0.05, 0) is 17.7 Å². The second-order valence-electron chi connectivity index (χ2n) is 6.36. The van der Waals surface area contributed by atoms with Crippen molar-refractivity contribution in [3.8, 4) is 11.3 Å². The molecule has 0 fully saturated rings. The average Bonchev–Trinajstić information content (AvgIpc) is 3.20. The van der Waals surface area contributed by atoms with Gasteiger partial charge in [0.15, 0.2) is 5.16 Å². The highest BCUT2D eigenvalue weighted by atomic mass is 32.2. The van der Waals surface area contributed by atoms with Gasteiger partial charge in [0.1, 0.15) is 12.4 Å². The van der Waals surface area contributed by atoms with Crippen molar-refractivity contribution in [2.45, 2.75) is 23.6 Å². The van der Waals surface area contributed by atoms with E-state index in [0.29, 0.717) is 22.2 Å². The molecule has 144 valence electrons. The zero-order valence-corrected chi connectivity index (χ0v) is 15.8. The number of benzene rings is 2. The lowest BCUT2D eigenvalue weighted by atomic mass is 10.2.